The van der Waals surface area contributed by atoms with Gasteiger partial charge in [0.1, 0.15) is 5.82 Å². The number of carbonyl (C=O) groups excluding carboxylic acids is 1. The van der Waals surface area contributed by atoms with Crippen LogP contribution >= 0.6 is 11.8 Å². The molecule has 2 aromatic rings. The third kappa shape index (κ3) is 4.07. The van der Waals surface area contributed by atoms with Gasteiger partial charge in [0.25, 0.3) is 5.56 Å². The van der Waals surface area contributed by atoms with Crippen molar-refractivity contribution in [2.24, 2.45) is 14.1 Å². The van der Waals surface area contributed by atoms with Crippen LogP contribution < -0.4 is 16.6 Å². The number of hydrogen-bond acceptors (Lipinski definition) is 6. The van der Waals surface area contributed by atoms with E-state index in [0.29, 0.717) is 5.16 Å². The lowest BCUT2D eigenvalue weighted by Gasteiger charge is -2.10. The van der Waals surface area contributed by atoms with Gasteiger partial charge >= 0.3 is 5.69 Å². The summed E-state index contributed by atoms with van der Waals surface area (Å²) in [5.74, 6) is -0.113. The first-order chi connectivity index (χ1) is 10.8. The molecule has 0 aromatic carbocycles. The molecule has 0 bridgehead atoms. The first-order valence-corrected chi connectivity index (χ1v) is 7.78. The van der Waals surface area contributed by atoms with Gasteiger partial charge in [-0.2, -0.15) is 0 Å². The average molecular weight is 335 g/mol. The molecule has 0 spiro atoms. The van der Waals surface area contributed by atoms with Crippen molar-refractivity contribution in [3.8, 4) is 0 Å². The van der Waals surface area contributed by atoms with Gasteiger partial charge in [-0.1, -0.05) is 11.8 Å². The van der Waals surface area contributed by atoms with Crippen LogP contribution in [0.5, 0.6) is 0 Å². The number of aromatic nitrogens is 4. The quantitative estimate of drug-likeness (QED) is 0.634. The summed E-state index contributed by atoms with van der Waals surface area (Å²) < 4.78 is 2.17. The fourth-order valence-corrected chi connectivity index (χ4v) is 2.67. The molecule has 8 nitrogen and oxygen atoms in total. The number of nitrogens with zero attached hydrogens (tertiary/aromatic N) is 4. The molecule has 0 aliphatic heterocycles. The number of rotatable bonds is 4. The van der Waals surface area contributed by atoms with Crippen molar-refractivity contribution < 1.29 is 4.79 Å². The third-order valence-corrected chi connectivity index (χ3v) is 3.93. The van der Waals surface area contributed by atoms with Gasteiger partial charge in [-0.25, -0.2) is 14.8 Å². The van der Waals surface area contributed by atoms with Gasteiger partial charge in [0.2, 0.25) is 5.91 Å². The van der Waals surface area contributed by atoms with Crippen molar-refractivity contribution in [3.05, 3.63) is 44.4 Å². The van der Waals surface area contributed by atoms with E-state index in [2.05, 4.69) is 15.3 Å². The van der Waals surface area contributed by atoms with E-state index in [1.807, 2.05) is 19.9 Å². The summed E-state index contributed by atoms with van der Waals surface area (Å²) in [5.41, 5.74) is 0.676. The standard InChI is InChI=1S/C14H17N5O3S/c1-8-5-9(2)16-13(15-8)23-7-11(20)17-10-6-12(21)19(4)14(22)18(10)3/h5-6H,7H2,1-4H3,(H,17,20). The summed E-state index contributed by atoms with van der Waals surface area (Å²) >= 11 is 1.19. The first kappa shape index (κ1) is 16.9. The highest BCUT2D eigenvalue weighted by Gasteiger charge is 2.11. The molecule has 0 aliphatic carbocycles. The van der Waals surface area contributed by atoms with E-state index in [-0.39, 0.29) is 17.5 Å². The zero-order valence-electron chi connectivity index (χ0n) is 13.3. The summed E-state index contributed by atoms with van der Waals surface area (Å²) in [5, 5.41) is 3.06. The summed E-state index contributed by atoms with van der Waals surface area (Å²) in [6, 6.07) is 3.05. The predicted octanol–water partition coefficient (Wildman–Crippen LogP) is 0.222. The molecule has 2 heterocycles. The van der Waals surface area contributed by atoms with E-state index in [4.69, 9.17) is 0 Å². The second kappa shape index (κ2) is 6.78. The number of hydrogen-bond donors (Lipinski definition) is 1. The fraction of sp³-hybridized carbons (Fsp3) is 0.357. The number of anilines is 1. The number of aryl methyl sites for hydroxylation is 2. The Kier molecular flexibility index (Phi) is 4.99. The molecule has 0 atom stereocenters. The summed E-state index contributed by atoms with van der Waals surface area (Å²) in [6.07, 6.45) is 0. The maximum atomic E-state index is 12.0. The van der Waals surface area contributed by atoms with E-state index >= 15 is 0 Å². The van der Waals surface area contributed by atoms with Gasteiger partial charge in [0.15, 0.2) is 5.16 Å². The van der Waals surface area contributed by atoms with Gasteiger partial charge in [-0.15, -0.1) is 0 Å². The molecule has 0 saturated carbocycles. The van der Waals surface area contributed by atoms with Crippen LogP contribution in [0.25, 0.3) is 0 Å². The zero-order valence-corrected chi connectivity index (χ0v) is 14.1. The summed E-state index contributed by atoms with van der Waals surface area (Å²) in [7, 11) is 2.86. The van der Waals surface area contributed by atoms with Crippen LogP contribution in [0.15, 0.2) is 26.9 Å². The molecular weight excluding hydrogens is 318 g/mol. The lowest BCUT2D eigenvalue weighted by molar-refractivity contribution is -0.113. The van der Waals surface area contributed by atoms with Crippen LogP contribution in [0, 0.1) is 13.8 Å². The molecule has 0 aliphatic rings. The van der Waals surface area contributed by atoms with Gasteiger partial charge in [0, 0.05) is 31.5 Å². The van der Waals surface area contributed by atoms with E-state index in [1.165, 1.54) is 36.5 Å². The first-order valence-electron chi connectivity index (χ1n) is 6.80. The minimum Gasteiger partial charge on any atom is -0.311 e. The topological polar surface area (TPSA) is 98.9 Å². The molecule has 23 heavy (non-hydrogen) atoms. The van der Waals surface area contributed by atoms with Gasteiger partial charge in [0.05, 0.1) is 5.75 Å². The Labute approximate surface area is 136 Å². The van der Waals surface area contributed by atoms with Crippen molar-refractivity contribution in [2.45, 2.75) is 19.0 Å². The van der Waals surface area contributed by atoms with Gasteiger partial charge in [-0.05, 0) is 19.9 Å². The lowest BCUT2D eigenvalue weighted by Crippen LogP contribution is -2.38. The molecule has 9 heteroatoms. The van der Waals surface area contributed by atoms with Crippen molar-refractivity contribution >= 4 is 23.5 Å². The predicted molar refractivity (Wildman–Crippen MR) is 87.8 cm³/mol. The highest BCUT2D eigenvalue weighted by molar-refractivity contribution is 7.99. The Bertz CT molecular complexity index is 851. The summed E-state index contributed by atoms with van der Waals surface area (Å²) in [4.78, 5) is 43.9. The number of nitrogens with one attached hydrogen (secondary N) is 1. The zero-order chi connectivity index (χ0) is 17.1. The van der Waals surface area contributed by atoms with E-state index in [9.17, 15) is 14.4 Å². The highest BCUT2D eigenvalue weighted by atomic mass is 32.2. The second-order valence-electron chi connectivity index (χ2n) is 5.04. The molecule has 1 N–H and O–H groups in total. The van der Waals surface area contributed by atoms with Crippen LogP contribution in [0.3, 0.4) is 0 Å². The Morgan fingerprint density at radius 2 is 1.74 bits per heavy atom. The molecule has 0 radical (unpaired) electrons. The molecule has 0 unspecified atom stereocenters. The van der Waals surface area contributed by atoms with Crippen molar-refractivity contribution in [1.82, 2.24) is 19.1 Å². The molecule has 2 aromatic heterocycles. The maximum absolute atomic E-state index is 12.0. The van der Waals surface area contributed by atoms with Crippen molar-refractivity contribution in [3.63, 3.8) is 0 Å². The molecule has 0 saturated heterocycles. The SMILES string of the molecule is Cc1cc(C)nc(SCC(=O)Nc2cc(=O)n(C)c(=O)n2C)n1. The maximum Gasteiger partial charge on any atom is 0.332 e. The monoisotopic (exact) mass is 335 g/mol. The van der Waals surface area contributed by atoms with E-state index in [0.717, 1.165) is 16.0 Å². The number of amides is 1. The van der Waals surface area contributed by atoms with Crippen molar-refractivity contribution in [1.29, 1.82) is 0 Å². The molecular formula is C14H17N5O3S. The Balaban J connectivity index is 2.09. The van der Waals surface area contributed by atoms with Crippen molar-refractivity contribution in [2.75, 3.05) is 11.1 Å². The second-order valence-corrected chi connectivity index (χ2v) is 5.98. The molecule has 1 amide bonds. The minimum absolute atomic E-state index is 0.0757. The minimum atomic E-state index is -0.502. The van der Waals surface area contributed by atoms with Crippen LogP contribution in [0.1, 0.15) is 11.4 Å². The van der Waals surface area contributed by atoms with Crippen LogP contribution in [-0.4, -0.2) is 30.8 Å². The third-order valence-electron chi connectivity index (χ3n) is 3.09. The Morgan fingerprint density at radius 1 is 1.13 bits per heavy atom. The summed E-state index contributed by atoms with van der Waals surface area (Å²) in [6.45, 7) is 3.71. The van der Waals surface area contributed by atoms with E-state index in [1.54, 1.807) is 0 Å². The van der Waals surface area contributed by atoms with Crippen LogP contribution in [0.4, 0.5) is 5.82 Å². The van der Waals surface area contributed by atoms with Crippen LogP contribution in [0.2, 0.25) is 0 Å². The fourth-order valence-electron chi connectivity index (χ4n) is 1.92. The van der Waals surface area contributed by atoms with Gasteiger partial charge in [-0.3, -0.25) is 18.7 Å². The molecule has 2 rings (SSSR count). The largest absolute Gasteiger partial charge is 0.332 e. The van der Waals surface area contributed by atoms with E-state index < -0.39 is 11.2 Å². The highest BCUT2D eigenvalue weighted by Crippen LogP contribution is 2.14. The lowest BCUT2D eigenvalue weighted by atomic mass is 10.4. The smallest absolute Gasteiger partial charge is 0.311 e. The Morgan fingerprint density at radius 3 is 2.35 bits per heavy atom. The Hall–Kier alpha value is -2.42. The average Bonchev–Trinajstić information content (AvgIpc) is 2.47. The number of carbonyl (C=O) groups is 1. The molecule has 122 valence electrons. The molecule has 0 fully saturated rings. The van der Waals surface area contributed by atoms with Crippen LogP contribution in [-0.2, 0) is 18.9 Å². The number of thioether (sulfide) groups is 1. The van der Waals surface area contributed by atoms with Gasteiger partial charge < -0.3 is 5.32 Å². The normalized spacial score (nSPS) is 10.6.